The molecule has 0 aromatic carbocycles. The summed E-state index contributed by atoms with van der Waals surface area (Å²) in [5, 5.41) is 0. The molecular formula is C12H23NO2. The molecule has 1 aliphatic rings. The third kappa shape index (κ3) is 3.82. The van der Waals surface area contributed by atoms with E-state index in [4.69, 9.17) is 4.74 Å². The largest absolute Gasteiger partial charge is 0.375 e. The van der Waals surface area contributed by atoms with Crippen LogP contribution in [0.4, 0.5) is 0 Å². The third-order valence-electron chi connectivity index (χ3n) is 2.71. The zero-order valence-electron chi connectivity index (χ0n) is 10.3. The number of hydrogen-bond donors (Lipinski definition) is 0. The number of carbonyl (C=O) groups is 1. The molecule has 88 valence electrons. The first-order chi connectivity index (χ1) is 7.00. The monoisotopic (exact) mass is 213 g/mol. The van der Waals surface area contributed by atoms with Crippen molar-refractivity contribution in [3.63, 3.8) is 0 Å². The molecule has 1 aliphatic heterocycles. The molecule has 1 heterocycles. The second-order valence-electron chi connectivity index (χ2n) is 4.86. The van der Waals surface area contributed by atoms with E-state index in [1.165, 1.54) is 0 Å². The number of carbonyl (C=O) groups excluding carboxylic acids is 1. The van der Waals surface area contributed by atoms with Gasteiger partial charge in [-0.25, -0.2) is 0 Å². The summed E-state index contributed by atoms with van der Waals surface area (Å²) in [5.74, 6) is 0.394. The number of rotatable bonds is 3. The van der Waals surface area contributed by atoms with Crippen molar-refractivity contribution < 1.29 is 9.53 Å². The highest BCUT2D eigenvalue weighted by molar-refractivity contribution is 5.78. The minimum atomic E-state index is 0.118. The van der Waals surface area contributed by atoms with Gasteiger partial charge >= 0.3 is 0 Å². The molecule has 0 radical (unpaired) electrons. The zero-order valence-corrected chi connectivity index (χ0v) is 10.3. The Morgan fingerprint density at radius 2 is 1.73 bits per heavy atom. The van der Waals surface area contributed by atoms with E-state index in [1.54, 1.807) is 0 Å². The molecule has 0 aliphatic carbocycles. The predicted octanol–water partition coefficient (Wildman–Crippen LogP) is 2.06. The van der Waals surface area contributed by atoms with Gasteiger partial charge in [0.1, 0.15) is 0 Å². The van der Waals surface area contributed by atoms with Crippen molar-refractivity contribution in [2.24, 2.45) is 5.92 Å². The number of hydrogen-bond acceptors (Lipinski definition) is 2. The van der Waals surface area contributed by atoms with Gasteiger partial charge in [-0.05, 0) is 26.7 Å². The Hall–Kier alpha value is -0.570. The van der Waals surface area contributed by atoms with Crippen molar-refractivity contribution in [1.82, 2.24) is 4.90 Å². The molecule has 15 heavy (non-hydrogen) atoms. The van der Waals surface area contributed by atoms with Crippen LogP contribution in [0.15, 0.2) is 0 Å². The van der Waals surface area contributed by atoms with E-state index < -0.39 is 0 Å². The molecule has 0 atom stereocenters. The number of amides is 1. The molecule has 0 N–H and O–H groups in total. The van der Waals surface area contributed by atoms with Crippen LogP contribution in [0, 0.1) is 5.92 Å². The van der Waals surface area contributed by atoms with E-state index >= 15 is 0 Å². The van der Waals surface area contributed by atoms with Crippen LogP contribution in [0.3, 0.4) is 0 Å². The second-order valence-corrected chi connectivity index (χ2v) is 4.86. The van der Waals surface area contributed by atoms with Gasteiger partial charge in [0.2, 0.25) is 5.91 Å². The van der Waals surface area contributed by atoms with Crippen LogP contribution in [-0.4, -0.2) is 36.1 Å². The molecule has 3 heteroatoms. The normalized spacial score (nSPS) is 18.9. The fourth-order valence-electron chi connectivity index (χ4n) is 1.96. The quantitative estimate of drug-likeness (QED) is 0.718. The van der Waals surface area contributed by atoms with Gasteiger partial charge < -0.3 is 9.64 Å². The summed E-state index contributed by atoms with van der Waals surface area (Å²) >= 11 is 0. The van der Waals surface area contributed by atoms with Crippen LogP contribution in [0.5, 0.6) is 0 Å². The van der Waals surface area contributed by atoms with Gasteiger partial charge in [0.15, 0.2) is 0 Å². The van der Waals surface area contributed by atoms with Gasteiger partial charge in [0.25, 0.3) is 0 Å². The van der Waals surface area contributed by atoms with Crippen LogP contribution in [0.2, 0.25) is 0 Å². The van der Waals surface area contributed by atoms with Crippen molar-refractivity contribution in [2.45, 2.75) is 52.7 Å². The molecule has 0 aromatic rings. The average molecular weight is 213 g/mol. The van der Waals surface area contributed by atoms with E-state index in [-0.39, 0.29) is 11.8 Å². The fraction of sp³-hybridized carbons (Fsp3) is 0.917. The molecule has 1 amide bonds. The Balaban J connectivity index is 2.32. The topological polar surface area (TPSA) is 29.5 Å². The maximum absolute atomic E-state index is 11.7. The van der Waals surface area contributed by atoms with Gasteiger partial charge in [0, 0.05) is 19.0 Å². The fourth-order valence-corrected chi connectivity index (χ4v) is 1.96. The summed E-state index contributed by atoms with van der Waals surface area (Å²) in [5.41, 5.74) is 0. The van der Waals surface area contributed by atoms with Gasteiger partial charge in [-0.15, -0.1) is 0 Å². The van der Waals surface area contributed by atoms with Crippen LogP contribution in [-0.2, 0) is 9.53 Å². The molecule has 0 saturated carbocycles. The summed E-state index contributed by atoms with van der Waals surface area (Å²) in [6.07, 6.45) is 2.61. The lowest BCUT2D eigenvalue weighted by molar-refractivity contribution is -0.137. The van der Waals surface area contributed by atoms with E-state index in [9.17, 15) is 4.79 Å². The first-order valence-electron chi connectivity index (χ1n) is 5.95. The first-order valence-corrected chi connectivity index (χ1v) is 5.95. The minimum Gasteiger partial charge on any atom is -0.375 e. The van der Waals surface area contributed by atoms with Gasteiger partial charge in [0.05, 0.1) is 12.2 Å². The maximum Gasteiger partial charge on any atom is 0.225 e. The minimum absolute atomic E-state index is 0.118. The molecule has 0 bridgehead atoms. The van der Waals surface area contributed by atoms with E-state index in [2.05, 4.69) is 13.8 Å². The lowest BCUT2D eigenvalue weighted by Gasteiger charge is -2.33. The van der Waals surface area contributed by atoms with Crippen LogP contribution in [0.25, 0.3) is 0 Å². The van der Waals surface area contributed by atoms with Crippen molar-refractivity contribution in [3.05, 3.63) is 0 Å². The molecular weight excluding hydrogens is 190 g/mol. The Morgan fingerprint density at radius 3 is 2.13 bits per heavy atom. The van der Waals surface area contributed by atoms with Crippen molar-refractivity contribution >= 4 is 5.91 Å². The van der Waals surface area contributed by atoms with Crippen molar-refractivity contribution in [2.75, 3.05) is 13.1 Å². The Morgan fingerprint density at radius 1 is 1.20 bits per heavy atom. The Kier molecular flexibility index (Phi) is 4.58. The van der Waals surface area contributed by atoms with E-state index in [0.717, 1.165) is 25.9 Å². The lowest BCUT2D eigenvalue weighted by atomic mass is 10.1. The molecule has 1 fully saturated rings. The summed E-state index contributed by atoms with van der Waals surface area (Å²) in [6, 6.07) is 0. The highest BCUT2D eigenvalue weighted by atomic mass is 16.5. The molecule has 0 aromatic heterocycles. The standard InChI is InChI=1S/C12H23NO2/c1-9(2)12(14)13-7-5-11(6-8-13)15-10(3)4/h9-11H,5-8H2,1-4H3. The SMILES string of the molecule is CC(C)OC1CCN(C(=O)C(C)C)CC1. The highest BCUT2D eigenvalue weighted by Crippen LogP contribution is 2.16. The zero-order chi connectivity index (χ0) is 11.4. The molecule has 0 spiro atoms. The summed E-state index contributed by atoms with van der Waals surface area (Å²) in [6.45, 7) is 9.75. The molecule has 1 rings (SSSR count). The highest BCUT2D eigenvalue weighted by Gasteiger charge is 2.24. The number of nitrogens with zero attached hydrogens (tertiary/aromatic N) is 1. The van der Waals surface area contributed by atoms with E-state index in [1.807, 2.05) is 18.7 Å². The average Bonchev–Trinajstić information content (AvgIpc) is 2.17. The van der Waals surface area contributed by atoms with Gasteiger partial charge in [-0.1, -0.05) is 13.8 Å². The predicted molar refractivity (Wildman–Crippen MR) is 60.7 cm³/mol. The number of ether oxygens (including phenoxy) is 1. The first kappa shape index (κ1) is 12.5. The lowest BCUT2D eigenvalue weighted by Crippen LogP contribution is -2.43. The van der Waals surface area contributed by atoms with Crippen molar-refractivity contribution in [1.29, 1.82) is 0 Å². The van der Waals surface area contributed by atoms with Crippen LogP contribution >= 0.6 is 0 Å². The molecule has 1 saturated heterocycles. The maximum atomic E-state index is 11.7. The van der Waals surface area contributed by atoms with Gasteiger partial charge in [-0.3, -0.25) is 4.79 Å². The number of likely N-dealkylation sites (tertiary alicyclic amines) is 1. The van der Waals surface area contributed by atoms with Crippen LogP contribution < -0.4 is 0 Å². The summed E-state index contributed by atoms with van der Waals surface area (Å²) in [7, 11) is 0. The summed E-state index contributed by atoms with van der Waals surface area (Å²) < 4.78 is 5.74. The Bertz CT molecular complexity index is 206. The smallest absolute Gasteiger partial charge is 0.225 e. The molecule has 0 unspecified atom stereocenters. The second kappa shape index (κ2) is 5.50. The van der Waals surface area contributed by atoms with Gasteiger partial charge in [-0.2, -0.15) is 0 Å². The molecule has 3 nitrogen and oxygen atoms in total. The van der Waals surface area contributed by atoms with Crippen molar-refractivity contribution in [3.8, 4) is 0 Å². The number of piperidine rings is 1. The third-order valence-corrected chi connectivity index (χ3v) is 2.71. The van der Waals surface area contributed by atoms with E-state index in [0.29, 0.717) is 12.2 Å². The van der Waals surface area contributed by atoms with Crippen LogP contribution in [0.1, 0.15) is 40.5 Å². The Labute approximate surface area is 92.8 Å². The summed E-state index contributed by atoms with van der Waals surface area (Å²) in [4.78, 5) is 13.7.